The van der Waals surface area contributed by atoms with Crippen molar-refractivity contribution < 1.29 is 9.59 Å². The zero-order valence-electron chi connectivity index (χ0n) is 16.0. The molecule has 1 aliphatic rings. The molecule has 0 saturated carbocycles. The number of rotatable bonds is 5. The van der Waals surface area contributed by atoms with E-state index in [1.165, 1.54) is 0 Å². The van der Waals surface area contributed by atoms with Crippen LogP contribution in [0.1, 0.15) is 46.0 Å². The van der Waals surface area contributed by atoms with Gasteiger partial charge in [0, 0.05) is 23.4 Å². The standard InChI is InChI=1S/C22H27N3O2/c1-16-8-9-18(20(26)24-15-22(2)10-12-23-13-11-22)14-19(16)25-21(27)17-6-4-3-5-7-17/h3-9,14,23H,10-13,15H2,1-2H3,(H,24,26)(H,25,27). The summed E-state index contributed by atoms with van der Waals surface area (Å²) in [5.41, 5.74) is 2.86. The largest absolute Gasteiger partial charge is 0.351 e. The van der Waals surface area contributed by atoms with E-state index in [0.29, 0.717) is 23.4 Å². The van der Waals surface area contributed by atoms with Gasteiger partial charge < -0.3 is 16.0 Å². The first-order valence-corrected chi connectivity index (χ1v) is 9.43. The zero-order chi connectivity index (χ0) is 19.3. The van der Waals surface area contributed by atoms with Gasteiger partial charge in [0.25, 0.3) is 11.8 Å². The van der Waals surface area contributed by atoms with Crippen LogP contribution >= 0.6 is 0 Å². The first-order chi connectivity index (χ1) is 13.0. The Morgan fingerprint density at radius 1 is 1.00 bits per heavy atom. The van der Waals surface area contributed by atoms with E-state index >= 15 is 0 Å². The third-order valence-electron chi connectivity index (χ3n) is 5.27. The maximum absolute atomic E-state index is 12.6. The predicted octanol–water partition coefficient (Wildman–Crippen LogP) is 3.37. The number of anilines is 1. The van der Waals surface area contributed by atoms with Gasteiger partial charge in [-0.2, -0.15) is 0 Å². The minimum atomic E-state index is -0.182. The molecule has 2 aromatic carbocycles. The van der Waals surface area contributed by atoms with Gasteiger partial charge in [0.2, 0.25) is 0 Å². The van der Waals surface area contributed by atoms with Crippen molar-refractivity contribution in [1.82, 2.24) is 10.6 Å². The molecule has 1 aliphatic heterocycles. The van der Waals surface area contributed by atoms with E-state index in [9.17, 15) is 9.59 Å². The van der Waals surface area contributed by atoms with Crippen LogP contribution in [0.3, 0.4) is 0 Å². The van der Waals surface area contributed by atoms with Crippen LogP contribution in [-0.4, -0.2) is 31.4 Å². The minimum absolute atomic E-state index is 0.107. The van der Waals surface area contributed by atoms with Gasteiger partial charge in [0.1, 0.15) is 0 Å². The molecule has 1 fully saturated rings. The SMILES string of the molecule is Cc1ccc(C(=O)NCC2(C)CCNCC2)cc1NC(=O)c1ccccc1. The quantitative estimate of drug-likeness (QED) is 0.761. The fourth-order valence-corrected chi connectivity index (χ4v) is 3.28. The van der Waals surface area contributed by atoms with Crippen LogP contribution < -0.4 is 16.0 Å². The average molecular weight is 365 g/mol. The number of piperidine rings is 1. The van der Waals surface area contributed by atoms with Crippen molar-refractivity contribution in [1.29, 1.82) is 0 Å². The van der Waals surface area contributed by atoms with Crippen molar-refractivity contribution >= 4 is 17.5 Å². The summed E-state index contributed by atoms with van der Waals surface area (Å²) in [5, 5.41) is 9.32. The van der Waals surface area contributed by atoms with Crippen molar-refractivity contribution in [3.63, 3.8) is 0 Å². The summed E-state index contributed by atoms with van der Waals surface area (Å²) in [6.45, 7) is 6.78. The first-order valence-electron chi connectivity index (χ1n) is 9.43. The predicted molar refractivity (Wildman–Crippen MR) is 108 cm³/mol. The molecule has 1 saturated heterocycles. The van der Waals surface area contributed by atoms with E-state index in [1.807, 2.05) is 31.2 Å². The maximum atomic E-state index is 12.6. The highest BCUT2D eigenvalue weighted by Gasteiger charge is 2.27. The molecular formula is C22H27N3O2. The summed E-state index contributed by atoms with van der Waals surface area (Å²) in [6, 6.07) is 14.5. The lowest BCUT2D eigenvalue weighted by molar-refractivity contribution is 0.0921. The molecule has 3 N–H and O–H groups in total. The van der Waals surface area contributed by atoms with Crippen molar-refractivity contribution in [3.05, 3.63) is 65.2 Å². The van der Waals surface area contributed by atoms with Gasteiger partial charge in [0.15, 0.2) is 0 Å². The Kier molecular flexibility index (Phi) is 5.91. The molecule has 0 spiro atoms. The third-order valence-corrected chi connectivity index (χ3v) is 5.27. The Hall–Kier alpha value is -2.66. The Bertz CT molecular complexity index is 812. The number of hydrogen-bond acceptors (Lipinski definition) is 3. The number of nitrogens with one attached hydrogen (secondary N) is 3. The van der Waals surface area contributed by atoms with Gasteiger partial charge in [-0.15, -0.1) is 0 Å². The average Bonchev–Trinajstić information content (AvgIpc) is 2.69. The highest BCUT2D eigenvalue weighted by molar-refractivity contribution is 6.05. The monoisotopic (exact) mass is 365 g/mol. The summed E-state index contributed by atoms with van der Waals surface area (Å²) < 4.78 is 0. The van der Waals surface area contributed by atoms with E-state index in [2.05, 4.69) is 22.9 Å². The van der Waals surface area contributed by atoms with Crippen LogP contribution in [0.2, 0.25) is 0 Å². The molecule has 0 bridgehead atoms. The van der Waals surface area contributed by atoms with Gasteiger partial charge in [0.05, 0.1) is 0 Å². The Morgan fingerprint density at radius 3 is 2.41 bits per heavy atom. The smallest absolute Gasteiger partial charge is 0.255 e. The normalized spacial score (nSPS) is 15.8. The van der Waals surface area contributed by atoms with E-state index in [1.54, 1.807) is 24.3 Å². The van der Waals surface area contributed by atoms with Crippen molar-refractivity contribution in [2.75, 3.05) is 25.0 Å². The molecule has 5 heteroatoms. The van der Waals surface area contributed by atoms with Crippen LogP contribution in [0.15, 0.2) is 48.5 Å². The summed E-state index contributed by atoms with van der Waals surface area (Å²) in [6.07, 6.45) is 2.11. The fourth-order valence-electron chi connectivity index (χ4n) is 3.28. The van der Waals surface area contributed by atoms with Crippen LogP contribution in [0.5, 0.6) is 0 Å². The summed E-state index contributed by atoms with van der Waals surface area (Å²) in [4.78, 5) is 25.0. The molecule has 1 heterocycles. The van der Waals surface area contributed by atoms with Crippen LogP contribution in [0, 0.1) is 12.3 Å². The molecule has 142 valence electrons. The van der Waals surface area contributed by atoms with Gasteiger partial charge >= 0.3 is 0 Å². The molecule has 27 heavy (non-hydrogen) atoms. The number of aryl methyl sites for hydroxylation is 1. The molecule has 3 rings (SSSR count). The van der Waals surface area contributed by atoms with E-state index in [4.69, 9.17) is 0 Å². The molecule has 2 aromatic rings. The maximum Gasteiger partial charge on any atom is 0.255 e. The van der Waals surface area contributed by atoms with Crippen LogP contribution in [0.25, 0.3) is 0 Å². The van der Waals surface area contributed by atoms with E-state index in [-0.39, 0.29) is 17.2 Å². The van der Waals surface area contributed by atoms with E-state index < -0.39 is 0 Å². The highest BCUT2D eigenvalue weighted by atomic mass is 16.2. The Balaban J connectivity index is 1.67. The number of benzene rings is 2. The first kappa shape index (κ1) is 19.1. The number of carbonyl (C=O) groups excluding carboxylic acids is 2. The topological polar surface area (TPSA) is 70.2 Å². The van der Waals surface area contributed by atoms with Crippen molar-refractivity contribution in [3.8, 4) is 0 Å². The molecule has 5 nitrogen and oxygen atoms in total. The lowest BCUT2D eigenvalue weighted by atomic mass is 9.81. The molecule has 2 amide bonds. The van der Waals surface area contributed by atoms with Gasteiger partial charge in [-0.3, -0.25) is 9.59 Å². The molecule has 0 unspecified atom stereocenters. The minimum Gasteiger partial charge on any atom is -0.351 e. The molecule has 0 aromatic heterocycles. The second-order valence-electron chi connectivity index (χ2n) is 7.59. The molecule has 0 atom stereocenters. The second kappa shape index (κ2) is 8.35. The second-order valence-corrected chi connectivity index (χ2v) is 7.59. The molecular weight excluding hydrogens is 338 g/mol. The molecule has 0 radical (unpaired) electrons. The van der Waals surface area contributed by atoms with Crippen LogP contribution in [0.4, 0.5) is 5.69 Å². The number of carbonyl (C=O) groups is 2. The third kappa shape index (κ3) is 4.95. The summed E-state index contributed by atoms with van der Waals surface area (Å²) >= 11 is 0. The number of hydrogen-bond donors (Lipinski definition) is 3. The van der Waals surface area contributed by atoms with Crippen molar-refractivity contribution in [2.24, 2.45) is 5.41 Å². The van der Waals surface area contributed by atoms with Gasteiger partial charge in [-0.1, -0.05) is 31.2 Å². The van der Waals surface area contributed by atoms with Crippen LogP contribution in [-0.2, 0) is 0 Å². The molecule has 0 aliphatic carbocycles. The zero-order valence-corrected chi connectivity index (χ0v) is 16.0. The Labute approximate surface area is 160 Å². The van der Waals surface area contributed by atoms with Gasteiger partial charge in [-0.05, 0) is 68.1 Å². The lowest BCUT2D eigenvalue weighted by Crippen LogP contribution is -2.42. The lowest BCUT2D eigenvalue weighted by Gasteiger charge is -2.34. The summed E-state index contributed by atoms with van der Waals surface area (Å²) in [5.74, 6) is -0.288. The van der Waals surface area contributed by atoms with Gasteiger partial charge in [-0.25, -0.2) is 0 Å². The Morgan fingerprint density at radius 2 is 1.70 bits per heavy atom. The van der Waals surface area contributed by atoms with Crippen molar-refractivity contribution in [2.45, 2.75) is 26.7 Å². The number of amides is 2. The van der Waals surface area contributed by atoms with E-state index in [0.717, 1.165) is 31.5 Å². The fraction of sp³-hybridized carbons (Fsp3) is 0.364. The highest BCUT2D eigenvalue weighted by Crippen LogP contribution is 2.27. The summed E-state index contributed by atoms with van der Waals surface area (Å²) in [7, 11) is 0.